The number of carbonyl (C=O) groups excluding carboxylic acids is 1. The SMILES string of the molecule is O=C(NCCn1ccnc1)Nc1ccccn1. The van der Waals surface area contributed by atoms with Crippen molar-refractivity contribution in [3.8, 4) is 0 Å². The Morgan fingerprint density at radius 1 is 1.35 bits per heavy atom. The molecule has 0 radical (unpaired) electrons. The average Bonchev–Trinajstić information content (AvgIpc) is 2.83. The van der Waals surface area contributed by atoms with Gasteiger partial charge >= 0.3 is 6.03 Å². The minimum absolute atomic E-state index is 0.260. The van der Waals surface area contributed by atoms with Crippen LogP contribution in [0.2, 0.25) is 0 Å². The lowest BCUT2D eigenvalue weighted by molar-refractivity contribution is 0.251. The predicted octanol–water partition coefficient (Wildman–Crippen LogP) is 1.10. The molecule has 2 heterocycles. The Morgan fingerprint density at radius 3 is 3.00 bits per heavy atom. The van der Waals surface area contributed by atoms with Crippen LogP contribution in [0.4, 0.5) is 10.6 Å². The first-order valence-corrected chi connectivity index (χ1v) is 5.26. The summed E-state index contributed by atoms with van der Waals surface area (Å²) in [5.74, 6) is 0.535. The van der Waals surface area contributed by atoms with Gasteiger partial charge in [-0.25, -0.2) is 14.8 Å². The molecule has 88 valence electrons. The predicted molar refractivity (Wildman–Crippen MR) is 63.5 cm³/mol. The number of amides is 2. The highest BCUT2D eigenvalue weighted by molar-refractivity contribution is 5.88. The van der Waals surface area contributed by atoms with Crippen molar-refractivity contribution in [1.82, 2.24) is 19.9 Å². The quantitative estimate of drug-likeness (QED) is 0.827. The third kappa shape index (κ3) is 3.60. The summed E-state index contributed by atoms with van der Waals surface area (Å²) in [7, 11) is 0. The lowest BCUT2D eigenvalue weighted by atomic mass is 10.5. The van der Waals surface area contributed by atoms with E-state index in [0.717, 1.165) is 0 Å². The molecule has 0 aliphatic carbocycles. The maximum absolute atomic E-state index is 11.5. The van der Waals surface area contributed by atoms with Gasteiger partial charge in [0.15, 0.2) is 0 Å². The van der Waals surface area contributed by atoms with E-state index in [9.17, 15) is 4.79 Å². The zero-order valence-corrected chi connectivity index (χ0v) is 9.21. The van der Waals surface area contributed by atoms with Crippen molar-refractivity contribution in [2.75, 3.05) is 11.9 Å². The third-order valence-electron chi connectivity index (χ3n) is 2.12. The summed E-state index contributed by atoms with van der Waals surface area (Å²) in [6.45, 7) is 1.23. The molecule has 0 spiro atoms. The van der Waals surface area contributed by atoms with Gasteiger partial charge in [-0.1, -0.05) is 6.07 Å². The Hall–Kier alpha value is -2.37. The number of nitrogens with one attached hydrogen (secondary N) is 2. The second-order valence-electron chi connectivity index (χ2n) is 3.40. The third-order valence-corrected chi connectivity index (χ3v) is 2.12. The van der Waals surface area contributed by atoms with Crippen LogP contribution in [0.15, 0.2) is 43.1 Å². The summed E-state index contributed by atoms with van der Waals surface area (Å²) in [6.07, 6.45) is 6.88. The highest BCUT2D eigenvalue weighted by Gasteiger charge is 2.00. The molecule has 6 heteroatoms. The van der Waals surface area contributed by atoms with Crippen molar-refractivity contribution in [3.63, 3.8) is 0 Å². The van der Waals surface area contributed by atoms with Crippen molar-refractivity contribution in [3.05, 3.63) is 43.1 Å². The number of urea groups is 1. The molecular formula is C11H13N5O. The Labute approximate surface area is 98.7 Å². The lowest BCUT2D eigenvalue weighted by Gasteiger charge is -2.06. The van der Waals surface area contributed by atoms with Crippen LogP contribution in [-0.2, 0) is 6.54 Å². The molecule has 0 aliphatic rings. The fraction of sp³-hybridized carbons (Fsp3) is 0.182. The first kappa shape index (κ1) is 11.1. The van der Waals surface area contributed by atoms with E-state index in [1.165, 1.54) is 0 Å². The average molecular weight is 231 g/mol. The van der Waals surface area contributed by atoms with Gasteiger partial charge in [-0.2, -0.15) is 0 Å². The molecule has 0 atom stereocenters. The van der Waals surface area contributed by atoms with Gasteiger partial charge < -0.3 is 9.88 Å². The van der Waals surface area contributed by atoms with Crippen LogP contribution in [0, 0.1) is 0 Å². The molecule has 2 aromatic heterocycles. The highest BCUT2D eigenvalue weighted by Crippen LogP contribution is 1.98. The zero-order valence-electron chi connectivity index (χ0n) is 9.21. The van der Waals surface area contributed by atoms with Crippen LogP contribution in [0.1, 0.15) is 0 Å². The molecule has 0 saturated carbocycles. The van der Waals surface area contributed by atoms with Crippen molar-refractivity contribution in [2.24, 2.45) is 0 Å². The van der Waals surface area contributed by atoms with E-state index >= 15 is 0 Å². The number of imidazole rings is 1. The number of hydrogen-bond donors (Lipinski definition) is 2. The summed E-state index contributed by atoms with van der Waals surface area (Å²) >= 11 is 0. The monoisotopic (exact) mass is 231 g/mol. The van der Waals surface area contributed by atoms with Gasteiger partial charge in [-0.05, 0) is 12.1 Å². The molecule has 0 saturated heterocycles. The number of aromatic nitrogens is 3. The van der Waals surface area contributed by atoms with Crippen LogP contribution < -0.4 is 10.6 Å². The van der Waals surface area contributed by atoms with Crippen molar-refractivity contribution < 1.29 is 4.79 Å². The Balaban J connectivity index is 1.71. The van der Waals surface area contributed by atoms with E-state index in [-0.39, 0.29) is 6.03 Å². The second kappa shape index (κ2) is 5.64. The molecule has 0 bridgehead atoms. The number of rotatable bonds is 4. The van der Waals surface area contributed by atoms with Gasteiger partial charge in [-0.3, -0.25) is 5.32 Å². The summed E-state index contributed by atoms with van der Waals surface area (Å²) in [6, 6.07) is 5.08. The van der Waals surface area contributed by atoms with Gasteiger partial charge in [-0.15, -0.1) is 0 Å². The van der Waals surface area contributed by atoms with Gasteiger partial charge in [0.1, 0.15) is 5.82 Å². The van der Waals surface area contributed by atoms with Crippen LogP contribution >= 0.6 is 0 Å². The molecule has 17 heavy (non-hydrogen) atoms. The fourth-order valence-corrected chi connectivity index (χ4v) is 1.31. The fourth-order valence-electron chi connectivity index (χ4n) is 1.31. The smallest absolute Gasteiger partial charge is 0.320 e. The number of nitrogens with zero attached hydrogens (tertiary/aromatic N) is 3. The Kier molecular flexibility index (Phi) is 3.69. The van der Waals surface area contributed by atoms with E-state index in [1.807, 2.05) is 16.8 Å². The standard InChI is InChI=1S/C11H13N5O/c17-11(15-10-3-1-2-4-13-10)14-6-8-16-7-5-12-9-16/h1-5,7,9H,6,8H2,(H2,13,14,15,17). The van der Waals surface area contributed by atoms with Gasteiger partial charge in [0, 0.05) is 31.7 Å². The Morgan fingerprint density at radius 2 is 2.29 bits per heavy atom. The minimum Gasteiger partial charge on any atom is -0.336 e. The summed E-state index contributed by atoms with van der Waals surface area (Å²) in [5, 5.41) is 5.37. The van der Waals surface area contributed by atoms with Crippen LogP contribution in [0.3, 0.4) is 0 Å². The second-order valence-corrected chi connectivity index (χ2v) is 3.40. The molecule has 2 N–H and O–H groups in total. The molecule has 2 rings (SSSR count). The maximum atomic E-state index is 11.5. The summed E-state index contributed by atoms with van der Waals surface area (Å²) in [4.78, 5) is 19.4. The first-order valence-electron chi connectivity index (χ1n) is 5.26. The van der Waals surface area contributed by atoms with Crippen molar-refractivity contribution in [1.29, 1.82) is 0 Å². The summed E-state index contributed by atoms with van der Waals surface area (Å²) in [5.41, 5.74) is 0. The van der Waals surface area contributed by atoms with Crippen LogP contribution in [-0.4, -0.2) is 27.1 Å². The normalized spacial score (nSPS) is 9.88. The number of carbonyl (C=O) groups is 1. The van der Waals surface area contributed by atoms with Gasteiger partial charge in [0.2, 0.25) is 0 Å². The van der Waals surface area contributed by atoms with Gasteiger partial charge in [0.25, 0.3) is 0 Å². The zero-order chi connectivity index (χ0) is 11.9. The topological polar surface area (TPSA) is 71.8 Å². The summed E-state index contributed by atoms with van der Waals surface area (Å²) < 4.78 is 1.89. The van der Waals surface area contributed by atoms with Crippen molar-refractivity contribution >= 4 is 11.8 Å². The highest BCUT2D eigenvalue weighted by atomic mass is 16.2. The van der Waals surface area contributed by atoms with E-state index in [1.54, 1.807) is 30.9 Å². The largest absolute Gasteiger partial charge is 0.336 e. The molecule has 2 amide bonds. The maximum Gasteiger partial charge on any atom is 0.320 e. The van der Waals surface area contributed by atoms with Gasteiger partial charge in [0.05, 0.1) is 6.33 Å². The molecule has 0 aliphatic heterocycles. The van der Waals surface area contributed by atoms with Crippen LogP contribution in [0.25, 0.3) is 0 Å². The van der Waals surface area contributed by atoms with E-state index in [2.05, 4.69) is 20.6 Å². The molecule has 0 unspecified atom stereocenters. The minimum atomic E-state index is -0.260. The first-order chi connectivity index (χ1) is 8.34. The molecular weight excluding hydrogens is 218 g/mol. The number of anilines is 1. The molecule has 0 aromatic carbocycles. The molecule has 2 aromatic rings. The molecule has 0 fully saturated rings. The van der Waals surface area contributed by atoms with E-state index in [0.29, 0.717) is 18.9 Å². The lowest BCUT2D eigenvalue weighted by Crippen LogP contribution is -2.31. The molecule has 6 nitrogen and oxygen atoms in total. The number of pyridine rings is 1. The van der Waals surface area contributed by atoms with E-state index in [4.69, 9.17) is 0 Å². The van der Waals surface area contributed by atoms with Crippen LogP contribution in [0.5, 0.6) is 0 Å². The Bertz CT molecular complexity index is 454. The number of hydrogen-bond acceptors (Lipinski definition) is 3. The van der Waals surface area contributed by atoms with E-state index < -0.39 is 0 Å². The van der Waals surface area contributed by atoms with Crippen molar-refractivity contribution in [2.45, 2.75) is 6.54 Å².